The predicted molar refractivity (Wildman–Crippen MR) is 117 cm³/mol. The summed E-state index contributed by atoms with van der Waals surface area (Å²) in [6, 6.07) is 18.6. The van der Waals surface area contributed by atoms with Gasteiger partial charge in [0.2, 0.25) is 0 Å². The second kappa shape index (κ2) is 11.5. The summed E-state index contributed by atoms with van der Waals surface area (Å²) in [7, 11) is 0. The predicted octanol–water partition coefficient (Wildman–Crippen LogP) is 3.32. The van der Waals surface area contributed by atoms with Crippen molar-refractivity contribution in [2.75, 3.05) is 11.4 Å². The smallest absolute Gasteiger partial charge is 0.329 e. The van der Waals surface area contributed by atoms with Gasteiger partial charge in [-0.3, -0.25) is 9.59 Å². The third kappa shape index (κ3) is 6.68. The first-order valence-corrected chi connectivity index (χ1v) is 10.1. The highest BCUT2D eigenvalue weighted by atomic mass is 16.5. The molecule has 0 fully saturated rings. The highest BCUT2D eigenvalue weighted by Crippen LogP contribution is 2.17. The van der Waals surface area contributed by atoms with Crippen molar-refractivity contribution in [1.29, 1.82) is 5.26 Å². The average molecular weight is 421 g/mol. The van der Waals surface area contributed by atoms with Crippen molar-refractivity contribution in [2.24, 2.45) is 5.92 Å². The van der Waals surface area contributed by atoms with E-state index in [4.69, 9.17) is 10.00 Å². The molecule has 0 aliphatic heterocycles. The molecule has 0 aromatic heterocycles. The van der Waals surface area contributed by atoms with E-state index >= 15 is 0 Å². The number of nitrogens with zero attached hydrogens (tertiary/aromatic N) is 2. The van der Waals surface area contributed by atoms with Gasteiger partial charge in [-0.1, -0.05) is 50.2 Å². The average Bonchev–Trinajstić information content (AvgIpc) is 2.78. The molecule has 2 aromatic carbocycles. The zero-order valence-corrected chi connectivity index (χ0v) is 17.9. The fourth-order valence-electron chi connectivity index (χ4n) is 2.97. The minimum absolute atomic E-state index is 0.142. The molecule has 162 valence electrons. The number of carbonyl (C=O) groups is 3. The SMILES string of the molecule is CC(OC(=O)C(NC(=O)c1ccccc1)C(C)C)C(=O)N(CCC#N)c1ccccc1. The maximum Gasteiger partial charge on any atom is 0.329 e. The standard InChI is InChI=1S/C24H27N3O4/c1-17(2)21(26-22(28)19-11-6-4-7-12-19)24(30)31-18(3)23(29)27(16-10-15-25)20-13-8-5-9-14-20/h4-9,11-14,17-18,21H,10,16H2,1-3H3,(H,26,28). The Morgan fingerprint density at radius 3 is 2.13 bits per heavy atom. The summed E-state index contributed by atoms with van der Waals surface area (Å²) < 4.78 is 5.43. The van der Waals surface area contributed by atoms with Gasteiger partial charge in [-0.15, -0.1) is 0 Å². The van der Waals surface area contributed by atoms with E-state index in [-0.39, 0.29) is 18.9 Å². The summed E-state index contributed by atoms with van der Waals surface area (Å²) in [5.74, 6) is -1.76. The van der Waals surface area contributed by atoms with E-state index in [1.807, 2.05) is 12.1 Å². The summed E-state index contributed by atoms with van der Waals surface area (Å²) in [5, 5.41) is 11.6. The van der Waals surface area contributed by atoms with Crippen molar-refractivity contribution in [3.8, 4) is 6.07 Å². The Hall–Kier alpha value is -3.66. The lowest BCUT2D eigenvalue weighted by molar-refractivity contribution is -0.156. The Morgan fingerprint density at radius 1 is 1.00 bits per heavy atom. The van der Waals surface area contributed by atoms with Gasteiger partial charge in [0.15, 0.2) is 6.10 Å². The number of benzene rings is 2. The van der Waals surface area contributed by atoms with E-state index in [9.17, 15) is 14.4 Å². The molecule has 2 unspecified atom stereocenters. The van der Waals surface area contributed by atoms with Crippen LogP contribution in [0.4, 0.5) is 5.69 Å². The van der Waals surface area contributed by atoms with Crippen LogP contribution in [0.15, 0.2) is 60.7 Å². The summed E-state index contributed by atoms with van der Waals surface area (Å²) in [5.41, 5.74) is 1.04. The van der Waals surface area contributed by atoms with E-state index in [1.165, 1.54) is 11.8 Å². The van der Waals surface area contributed by atoms with Gasteiger partial charge in [-0.05, 0) is 37.1 Å². The molecule has 0 aliphatic rings. The Bertz CT molecular complexity index is 923. The number of hydrogen-bond acceptors (Lipinski definition) is 5. The van der Waals surface area contributed by atoms with Crippen LogP contribution < -0.4 is 10.2 Å². The van der Waals surface area contributed by atoms with Gasteiger partial charge >= 0.3 is 5.97 Å². The third-order valence-electron chi connectivity index (χ3n) is 4.66. The Morgan fingerprint density at radius 2 is 1.58 bits per heavy atom. The summed E-state index contributed by atoms with van der Waals surface area (Å²) in [6.45, 7) is 5.23. The topological polar surface area (TPSA) is 99.5 Å². The highest BCUT2D eigenvalue weighted by molar-refractivity contribution is 5.99. The van der Waals surface area contributed by atoms with E-state index in [0.29, 0.717) is 11.3 Å². The van der Waals surface area contributed by atoms with E-state index in [1.54, 1.807) is 68.4 Å². The van der Waals surface area contributed by atoms with Gasteiger partial charge < -0.3 is 15.0 Å². The maximum atomic E-state index is 13.0. The molecule has 0 aliphatic carbocycles. The van der Waals surface area contributed by atoms with Crippen molar-refractivity contribution in [3.05, 3.63) is 66.2 Å². The van der Waals surface area contributed by atoms with Gasteiger partial charge in [0.25, 0.3) is 11.8 Å². The normalized spacial score (nSPS) is 12.4. The van der Waals surface area contributed by atoms with Crippen molar-refractivity contribution >= 4 is 23.5 Å². The van der Waals surface area contributed by atoms with Gasteiger partial charge in [0.05, 0.1) is 12.5 Å². The molecule has 31 heavy (non-hydrogen) atoms. The number of nitrogens with one attached hydrogen (secondary N) is 1. The zero-order chi connectivity index (χ0) is 22.8. The van der Waals surface area contributed by atoms with Crippen LogP contribution in [0.1, 0.15) is 37.6 Å². The largest absolute Gasteiger partial charge is 0.451 e. The van der Waals surface area contributed by atoms with Crippen molar-refractivity contribution < 1.29 is 19.1 Å². The summed E-state index contributed by atoms with van der Waals surface area (Å²) >= 11 is 0. The first kappa shape index (κ1) is 23.6. The van der Waals surface area contributed by atoms with Crippen molar-refractivity contribution in [1.82, 2.24) is 5.32 Å². The van der Waals surface area contributed by atoms with Crippen LogP contribution in [-0.4, -0.2) is 36.5 Å². The van der Waals surface area contributed by atoms with Crippen LogP contribution in [0.25, 0.3) is 0 Å². The monoisotopic (exact) mass is 421 g/mol. The highest BCUT2D eigenvalue weighted by Gasteiger charge is 2.31. The number of anilines is 1. The Balaban J connectivity index is 2.10. The molecule has 0 bridgehead atoms. The lowest BCUT2D eigenvalue weighted by atomic mass is 10.0. The minimum atomic E-state index is -1.08. The number of esters is 1. The quantitative estimate of drug-likeness (QED) is 0.626. The lowest BCUT2D eigenvalue weighted by Crippen LogP contribution is -2.48. The van der Waals surface area contributed by atoms with Crippen LogP contribution in [0.5, 0.6) is 0 Å². The van der Waals surface area contributed by atoms with E-state index in [2.05, 4.69) is 5.32 Å². The number of ether oxygens (including phenoxy) is 1. The number of carbonyl (C=O) groups excluding carboxylic acids is 3. The number of amides is 2. The van der Waals surface area contributed by atoms with Gasteiger partial charge in [0.1, 0.15) is 6.04 Å². The maximum absolute atomic E-state index is 13.0. The van der Waals surface area contributed by atoms with Crippen molar-refractivity contribution in [3.63, 3.8) is 0 Å². The van der Waals surface area contributed by atoms with Gasteiger partial charge in [-0.25, -0.2) is 4.79 Å². The van der Waals surface area contributed by atoms with Crippen LogP contribution in [0.3, 0.4) is 0 Å². The van der Waals surface area contributed by atoms with Gasteiger partial charge in [0, 0.05) is 17.8 Å². The molecule has 2 atom stereocenters. The fraction of sp³-hybridized carbons (Fsp3) is 0.333. The summed E-state index contributed by atoms with van der Waals surface area (Å²) in [4.78, 5) is 39.6. The molecule has 0 radical (unpaired) electrons. The molecule has 7 nitrogen and oxygen atoms in total. The third-order valence-corrected chi connectivity index (χ3v) is 4.66. The minimum Gasteiger partial charge on any atom is -0.451 e. The van der Waals surface area contributed by atoms with Crippen LogP contribution in [0, 0.1) is 17.2 Å². The second-order valence-electron chi connectivity index (χ2n) is 7.37. The number of rotatable bonds is 9. The Labute approximate surface area is 182 Å². The molecule has 1 N–H and O–H groups in total. The Kier molecular flexibility index (Phi) is 8.77. The molecule has 0 heterocycles. The molecule has 2 aromatic rings. The summed E-state index contributed by atoms with van der Waals surface area (Å²) in [6.07, 6.45) is -0.940. The van der Waals surface area contributed by atoms with E-state index < -0.39 is 29.9 Å². The van der Waals surface area contributed by atoms with Crippen LogP contribution >= 0.6 is 0 Å². The number of hydrogen-bond donors (Lipinski definition) is 1. The van der Waals surface area contributed by atoms with E-state index in [0.717, 1.165) is 0 Å². The lowest BCUT2D eigenvalue weighted by Gasteiger charge is -2.27. The molecule has 2 rings (SSSR count). The van der Waals surface area contributed by atoms with Crippen LogP contribution in [0.2, 0.25) is 0 Å². The molecule has 0 spiro atoms. The number of para-hydroxylation sites is 1. The zero-order valence-electron chi connectivity index (χ0n) is 17.9. The molecular formula is C24H27N3O4. The molecule has 2 amide bonds. The van der Waals surface area contributed by atoms with Crippen molar-refractivity contribution in [2.45, 2.75) is 39.3 Å². The van der Waals surface area contributed by atoms with Crippen LogP contribution in [-0.2, 0) is 14.3 Å². The molecule has 7 heteroatoms. The molecule has 0 saturated heterocycles. The first-order valence-electron chi connectivity index (χ1n) is 10.1. The number of nitriles is 1. The fourth-order valence-corrected chi connectivity index (χ4v) is 2.97. The first-order chi connectivity index (χ1) is 14.8. The second-order valence-corrected chi connectivity index (χ2v) is 7.37. The molecule has 0 saturated carbocycles. The van der Waals surface area contributed by atoms with Gasteiger partial charge in [-0.2, -0.15) is 5.26 Å². The molecular weight excluding hydrogens is 394 g/mol.